The van der Waals surface area contributed by atoms with Gasteiger partial charge in [-0.2, -0.15) is 0 Å². The van der Waals surface area contributed by atoms with Gasteiger partial charge in [0, 0.05) is 12.1 Å². The Morgan fingerprint density at radius 1 is 1.62 bits per heavy atom. The molecule has 0 atom stereocenters. The summed E-state index contributed by atoms with van der Waals surface area (Å²) in [6, 6.07) is 3.75. The normalized spacial score (nSPS) is 9.62. The molecule has 0 aromatic heterocycles. The quantitative estimate of drug-likeness (QED) is 0.655. The highest BCUT2D eigenvalue weighted by molar-refractivity contribution is 6.33. The predicted molar refractivity (Wildman–Crippen MR) is 58.8 cm³/mol. The van der Waals surface area contributed by atoms with Gasteiger partial charge in [-0.1, -0.05) is 11.6 Å². The number of amides is 1. The van der Waals surface area contributed by atoms with Crippen molar-refractivity contribution in [3.05, 3.63) is 33.3 Å². The van der Waals surface area contributed by atoms with Crippen molar-refractivity contribution in [1.82, 2.24) is 0 Å². The van der Waals surface area contributed by atoms with E-state index in [1.54, 1.807) is 6.92 Å². The Bertz CT molecular complexity index is 422. The molecule has 0 aliphatic heterocycles. The van der Waals surface area contributed by atoms with Crippen LogP contribution in [-0.2, 0) is 4.74 Å². The zero-order chi connectivity index (χ0) is 12.1. The maximum Gasteiger partial charge on any atom is 0.411 e. The lowest BCUT2D eigenvalue weighted by atomic mass is 10.3. The van der Waals surface area contributed by atoms with Gasteiger partial charge in [0.25, 0.3) is 5.69 Å². The maximum atomic E-state index is 11.1. The summed E-state index contributed by atoms with van der Waals surface area (Å²) < 4.78 is 4.62. The van der Waals surface area contributed by atoms with E-state index in [1.807, 2.05) is 0 Å². The summed E-state index contributed by atoms with van der Waals surface area (Å²) in [5.41, 5.74) is -0.00878. The minimum absolute atomic E-state index is 0.148. The molecule has 0 unspecified atom stereocenters. The van der Waals surface area contributed by atoms with Crippen molar-refractivity contribution in [2.24, 2.45) is 0 Å². The number of carbonyl (C=O) groups excluding carboxylic acids is 1. The fourth-order valence-electron chi connectivity index (χ4n) is 1.000. The molecule has 0 bridgehead atoms. The lowest BCUT2D eigenvalue weighted by Gasteiger charge is -2.06. The fraction of sp³-hybridized carbons (Fsp3) is 0.222. The Morgan fingerprint density at radius 3 is 2.88 bits per heavy atom. The van der Waals surface area contributed by atoms with E-state index in [1.165, 1.54) is 18.2 Å². The van der Waals surface area contributed by atoms with Crippen LogP contribution in [0.25, 0.3) is 0 Å². The Hall–Kier alpha value is -1.82. The van der Waals surface area contributed by atoms with Gasteiger partial charge >= 0.3 is 6.09 Å². The van der Waals surface area contributed by atoms with Crippen LogP contribution >= 0.6 is 11.6 Å². The number of nitrogens with one attached hydrogen (secondary N) is 1. The van der Waals surface area contributed by atoms with Gasteiger partial charge in [-0.05, 0) is 13.0 Å². The van der Waals surface area contributed by atoms with Crippen molar-refractivity contribution in [3.8, 4) is 0 Å². The first-order valence-electron chi connectivity index (χ1n) is 4.42. The maximum absolute atomic E-state index is 11.1. The second kappa shape index (κ2) is 5.32. The molecule has 7 heteroatoms. The summed E-state index contributed by atoms with van der Waals surface area (Å²) in [4.78, 5) is 21.0. The van der Waals surface area contributed by atoms with Gasteiger partial charge in [-0.15, -0.1) is 0 Å². The SMILES string of the molecule is CCOC(=O)Nc1cc([N+](=O)[O-])ccc1Cl. The molecule has 0 aliphatic rings. The van der Waals surface area contributed by atoms with Crippen molar-refractivity contribution in [2.45, 2.75) is 6.92 Å². The van der Waals surface area contributed by atoms with Gasteiger partial charge < -0.3 is 4.74 Å². The molecule has 0 fully saturated rings. The number of non-ortho nitro benzene ring substituents is 1. The average Bonchev–Trinajstić information content (AvgIpc) is 2.21. The van der Waals surface area contributed by atoms with Crippen molar-refractivity contribution in [1.29, 1.82) is 0 Å². The lowest BCUT2D eigenvalue weighted by Crippen LogP contribution is -2.13. The van der Waals surface area contributed by atoms with Gasteiger partial charge in [0.2, 0.25) is 0 Å². The average molecular weight is 245 g/mol. The first kappa shape index (κ1) is 12.3. The number of carbonyl (C=O) groups is 1. The molecule has 86 valence electrons. The Labute approximate surface area is 96.3 Å². The number of nitro groups is 1. The Morgan fingerprint density at radius 2 is 2.31 bits per heavy atom. The third-order valence-corrected chi connectivity index (χ3v) is 2.00. The second-order valence-corrected chi connectivity index (χ2v) is 3.17. The molecule has 1 rings (SSSR count). The van der Waals surface area contributed by atoms with E-state index in [0.29, 0.717) is 0 Å². The van der Waals surface area contributed by atoms with Gasteiger partial charge in [-0.25, -0.2) is 4.79 Å². The molecule has 1 aromatic carbocycles. The van der Waals surface area contributed by atoms with Crippen LogP contribution in [0.3, 0.4) is 0 Å². The number of nitrogens with zero attached hydrogens (tertiary/aromatic N) is 1. The van der Waals surface area contributed by atoms with Crippen molar-refractivity contribution in [3.63, 3.8) is 0 Å². The van der Waals surface area contributed by atoms with Gasteiger partial charge in [0.15, 0.2) is 0 Å². The van der Waals surface area contributed by atoms with Crippen molar-refractivity contribution in [2.75, 3.05) is 11.9 Å². The lowest BCUT2D eigenvalue weighted by molar-refractivity contribution is -0.384. The number of anilines is 1. The van der Waals surface area contributed by atoms with E-state index in [4.69, 9.17) is 11.6 Å². The number of benzene rings is 1. The summed E-state index contributed by atoms with van der Waals surface area (Å²) in [6.45, 7) is 1.85. The van der Waals surface area contributed by atoms with Gasteiger partial charge in [-0.3, -0.25) is 15.4 Å². The van der Waals surface area contributed by atoms with E-state index < -0.39 is 11.0 Å². The molecule has 0 saturated heterocycles. The van der Waals surface area contributed by atoms with Gasteiger partial charge in [0.05, 0.1) is 22.2 Å². The number of nitro benzene ring substituents is 1. The third kappa shape index (κ3) is 3.09. The first-order valence-corrected chi connectivity index (χ1v) is 4.80. The van der Waals surface area contributed by atoms with Crippen LogP contribution in [0, 0.1) is 10.1 Å². The number of ether oxygens (including phenoxy) is 1. The topological polar surface area (TPSA) is 81.5 Å². The molecule has 1 amide bonds. The molecular formula is C9H9ClN2O4. The van der Waals surface area contributed by atoms with Gasteiger partial charge in [0.1, 0.15) is 0 Å². The molecule has 0 spiro atoms. The minimum atomic E-state index is -0.704. The van der Waals surface area contributed by atoms with Crippen molar-refractivity contribution < 1.29 is 14.5 Å². The van der Waals surface area contributed by atoms with Crippen LogP contribution in [0.15, 0.2) is 18.2 Å². The van der Waals surface area contributed by atoms with E-state index >= 15 is 0 Å². The summed E-state index contributed by atoms with van der Waals surface area (Å²) in [5.74, 6) is 0. The van der Waals surface area contributed by atoms with E-state index in [2.05, 4.69) is 10.1 Å². The first-order chi connectivity index (χ1) is 7.54. The number of hydrogen-bond donors (Lipinski definition) is 1. The number of hydrogen-bond acceptors (Lipinski definition) is 4. The van der Waals surface area contributed by atoms with Crippen molar-refractivity contribution >= 4 is 29.1 Å². The number of rotatable bonds is 3. The minimum Gasteiger partial charge on any atom is -0.450 e. The Balaban J connectivity index is 2.90. The van der Waals surface area contributed by atoms with Crippen LogP contribution < -0.4 is 5.32 Å². The van der Waals surface area contributed by atoms with E-state index in [0.717, 1.165) is 0 Å². The fourth-order valence-corrected chi connectivity index (χ4v) is 1.16. The monoisotopic (exact) mass is 244 g/mol. The van der Waals surface area contributed by atoms with Crippen LogP contribution in [0.4, 0.5) is 16.2 Å². The molecule has 6 nitrogen and oxygen atoms in total. The highest BCUT2D eigenvalue weighted by Crippen LogP contribution is 2.26. The Kier molecular flexibility index (Phi) is 4.07. The molecule has 0 aliphatic carbocycles. The van der Waals surface area contributed by atoms with E-state index in [9.17, 15) is 14.9 Å². The molecule has 1 aromatic rings. The zero-order valence-electron chi connectivity index (χ0n) is 8.40. The molecule has 0 heterocycles. The predicted octanol–water partition coefficient (Wildman–Crippen LogP) is 2.82. The van der Waals surface area contributed by atoms with Crippen LogP contribution in [0.5, 0.6) is 0 Å². The molecule has 0 saturated carbocycles. The summed E-state index contributed by atoms with van der Waals surface area (Å²) in [7, 11) is 0. The molecule has 1 N–H and O–H groups in total. The van der Waals surface area contributed by atoms with Crippen LogP contribution in [-0.4, -0.2) is 17.6 Å². The second-order valence-electron chi connectivity index (χ2n) is 2.77. The standard InChI is InChI=1S/C9H9ClN2O4/c1-2-16-9(13)11-8-5-6(12(14)15)3-4-7(8)10/h3-5H,2H2,1H3,(H,11,13). The third-order valence-electron chi connectivity index (χ3n) is 1.67. The largest absolute Gasteiger partial charge is 0.450 e. The smallest absolute Gasteiger partial charge is 0.411 e. The molecule has 0 radical (unpaired) electrons. The van der Waals surface area contributed by atoms with Crippen LogP contribution in [0.2, 0.25) is 5.02 Å². The summed E-state index contributed by atoms with van der Waals surface area (Å²) in [5, 5.41) is 13.0. The summed E-state index contributed by atoms with van der Waals surface area (Å²) in [6.07, 6.45) is -0.704. The van der Waals surface area contributed by atoms with E-state index in [-0.39, 0.29) is 23.0 Å². The van der Waals surface area contributed by atoms with Crippen LogP contribution in [0.1, 0.15) is 6.92 Å². The highest BCUT2D eigenvalue weighted by Gasteiger charge is 2.12. The summed E-state index contributed by atoms with van der Waals surface area (Å²) >= 11 is 5.75. The molecular weight excluding hydrogens is 236 g/mol. The highest BCUT2D eigenvalue weighted by atomic mass is 35.5. The zero-order valence-corrected chi connectivity index (χ0v) is 9.15. The molecule has 16 heavy (non-hydrogen) atoms. The number of halogens is 1.